The second-order valence-corrected chi connectivity index (χ2v) is 2.23. The van der Waals surface area contributed by atoms with Gasteiger partial charge < -0.3 is 4.74 Å². The average molecular weight is 174 g/mol. The quantitative estimate of drug-likeness (QED) is 0.263. The van der Waals surface area contributed by atoms with Crippen LogP contribution in [0.25, 0.3) is 0 Å². The van der Waals surface area contributed by atoms with Crippen molar-refractivity contribution in [2.24, 2.45) is 0 Å². The van der Waals surface area contributed by atoms with Gasteiger partial charge in [-0.1, -0.05) is 13.3 Å². The molecule has 0 aromatic rings. The van der Waals surface area contributed by atoms with Crippen LogP contribution < -0.4 is 10.9 Å². The highest BCUT2D eigenvalue weighted by Crippen LogP contribution is 1.80. The molecule has 0 aromatic heterocycles. The minimum absolute atomic E-state index is 0.652. The number of unbranched alkanes of at least 4 members (excludes halogenated alkanes) is 1. The molecule has 2 N–H and O–H groups in total. The van der Waals surface area contributed by atoms with Crippen LogP contribution >= 0.6 is 0 Å². The monoisotopic (exact) mass is 174 g/mol. The van der Waals surface area contributed by atoms with E-state index in [0.29, 0.717) is 6.54 Å². The van der Waals surface area contributed by atoms with Crippen molar-refractivity contribution < 1.29 is 14.3 Å². The van der Waals surface area contributed by atoms with Crippen molar-refractivity contribution >= 4 is 11.9 Å². The van der Waals surface area contributed by atoms with E-state index in [-0.39, 0.29) is 0 Å². The number of nitrogens with one attached hydrogen (secondary N) is 2. The van der Waals surface area contributed by atoms with Crippen molar-refractivity contribution in [2.45, 2.75) is 19.8 Å². The summed E-state index contributed by atoms with van der Waals surface area (Å²) < 4.78 is 4.18. The molecule has 0 fully saturated rings. The van der Waals surface area contributed by atoms with E-state index < -0.39 is 11.9 Å². The van der Waals surface area contributed by atoms with E-state index in [0.717, 1.165) is 20.0 Å². The van der Waals surface area contributed by atoms with Crippen LogP contribution in [0.2, 0.25) is 0 Å². The molecular weight excluding hydrogens is 160 g/mol. The number of carbonyl (C=O) groups excluding carboxylic acids is 2. The summed E-state index contributed by atoms with van der Waals surface area (Å²) >= 11 is 0. The lowest BCUT2D eigenvalue weighted by Crippen LogP contribution is -2.42. The van der Waals surface area contributed by atoms with Crippen LogP contribution in [0.15, 0.2) is 0 Å². The first-order valence-electron chi connectivity index (χ1n) is 3.83. The smallest absolute Gasteiger partial charge is 0.397 e. The molecular formula is C7H14N2O3. The predicted octanol–water partition coefficient (Wildman–Crippen LogP) is -0.420. The Morgan fingerprint density at radius 1 is 1.42 bits per heavy atom. The van der Waals surface area contributed by atoms with E-state index in [4.69, 9.17) is 0 Å². The number of hydrazine groups is 1. The minimum atomic E-state index is -0.890. The van der Waals surface area contributed by atoms with Gasteiger partial charge in [-0.3, -0.25) is 10.2 Å². The van der Waals surface area contributed by atoms with Crippen LogP contribution in [0.4, 0.5) is 0 Å². The van der Waals surface area contributed by atoms with Crippen LogP contribution in [-0.4, -0.2) is 25.5 Å². The van der Waals surface area contributed by atoms with Gasteiger partial charge in [-0.05, 0) is 6.42 Å². The fourth-order valence-corrected chi connectivity index (χ4v) is 0.552. The molecule has 0 saturated heterocycles. The number of rotatable bonds is 4. The molecule has 5 nitrogen and oxygen atoms in total. The van der Waals surface area contributed by atoms with Gasteiger partial charge in [-0.2, -0.15) is 0 Å². The zero-order valence-corrected chi connectivity index (χ0v) is 7.35. The second kappa shape index (κ2) is 6.60. The molecule has 1 amide bonds. The SMILES string of the molecule is CCCCNNC(=O)C(=O)OC. The number of carbonyl (C=O) groups is 2. The highest BCUT2D eigenvalue weighted by atomic mass is 16.5. The first-order valence-corrected chi connectivity index (χ1v) is 3.83. The summed E-state index contributed by atoms with van der Waals surface area (Å²) in [4.78, 5) is 21.2. The highest BCUT2D eigenvalue weighted by Gasteiger charge is 2.11. The summed E-state index contributed by atoms with van der Waals surface area (Å²) in [6.07, 6.45) is 1.97. The van der Waals surface area contributed by atoms with E-state index >= 15 is 0 Å². The summed E-state index contributed by atoms with van der Waals surface area (Å²) in [6, 6.07) is 0. The molecule has 0 heterocycles. The van der Waals surface area contributed by atoms with Gasteiger partial charge >= 0.3 is 11.9 Å². The maximum absolute atomic E-state index is 10.7. The Morgan fingerprint density at radius 3 is 2.58 bits per heavy atom. The molecule has 0 aliphatic carbocycles. The molecule has 12 heavy (non-hydrogen) atoms. The molecule has 0 saturated carbocycles. The third-order valence-electron chi connectivity index (χ3n) is 1.23. The zero-order valence-electron chi connectivity index (χ0n) is 7.35. The van der Waals surface area contributed by atoms with Gasteiger partial charge in [0.1, 0.15) is 0 Å². The Kier molecular flexibility index (Phi) is 6.00. The van der Waals surface area contributed by atoms with Crippen LogP contribution in [0.1, 0.15) is 19.8 Å². The number of methoxy groups -OCH3 is 1. The summed E-state index contributed by atoms with van der Waals surface area (Å²) in [5, 5.41) is 0. The number of esters is 1. The fourth-order valence-electron chi connectivity index (χ4n) is 0.552. The van der Waals surface area contributed by atoms with E-state index in [9.17, 15) is 9.59 Å². The van der Waals surface area contributed by atoms with Crippen molar-refractivity contribution in [2.75, 3.05) is 13.7 Å². The largest absolute Gasteiger partial charge is 0.462 e. The lowest BCUT2D eigenvalue weighted by atomic mass is 10.3. The van der Waals surface area contributed by atoms with Gasteiger partial charge in [0, 0.05) is 6.54 Å². The number of hydrogen-bond acceptors (Lipinski definition) is 4. The first kappa shape index (κ1) is 10.9. The maximum Gasteiger partial charge on any atom is 0.397 e. The minimum Gasteiger partial charge on any atom is -0.462 e. The van der Waals surface area contributed by atoms with E-state index in [1.807, 2.05) is 6.92 Å². The van der Waals surface area contributed by atoms with Crippen molar-refractivity contribution in [3.63, 3.8) is 0 Å². The predicted molar refractivity (Wildman–Crippen MR) is 43.1 cm³/mol. The van der Waals surface area contributed by atoms with Gasteiger partial charge in [-0.15, -0.1) is 0 Å². The molecule has 0 radical (unpaired) electrons. The lowest BCUT2D eigenvalue weighted by Gasteiger charge is -2.03. The number of amides is 1. The summed E-state index contributed by atoms with van der Waals surface area (Å²) in [7, 11) is 1.16. The topological polar surface area (TPSA) is 67.4 Å². The molecule has 0 atom stereocenters. The second-order valence-electron chi connectivity index (χ2n) is 2.23. The zero-order chi connectivity index (χ0) is 9.40. The Labute approximate surface area is 71.4 Å². The molecule has 70 valence electrons. The summed E-state index contributed by atoms with van der Waals surface area (Å²) in [6.45, 7) is 2.68. The Morgan fingerprint density at radius 2 is 2.08 bits per heavy atom. The van der Waals surface area contributed by atoms with Crippen molar-refractivity contribution in [1.82, 2.24) is 10.9 Å². The van der Waals surface area contributed by atoms with Gasteiger partial charge in [0.2, 0.25) is 0 Å². The molecule has 0 bridgehead atoms. The van der Waals surface area contributed by atoms with Gasteiger partial charge in [0.15, 0.2) is 0 Å². The maximum atomic E-state index is 10.7. The molecule has 0 aromatic carbocycles. The molecule has 0 aliphatic rings. The van der Waals surface area contributed by atoms with E-state index in [1.165, 1.54) is 0 Å². The third kappa shape index (κ3) is 4.68. The van der Waals surface area contributed by atoms with Crippen LogP contribution in [0.3, 0.4) is 0 Å². The first-order chi connectivity index (χ1) is 5.72. The Balaban J connectivity index is 3.38. The van der Waals surface area contributed by atoms with Crippen molar-refractivity contribution in [3.05, 3.63) is 0 Å². The van der Waals surface area contributed by atoms with Gasteiger partial charge in [0.25, 0.3) is 0 Å². The lowest BCUT2D eigenvalue weighted by molar-refractivity contribution is -0.153. The molecule has 0 rings (SSSR count). The molecule has 0 unspecified atom stereocenters. The third-order valence-corrected chi connectivity index (χ3v) is 1.23. The molecule has 0 aliphatic heterocycles. The Bertz CT molecular complexity index is 159. The normalized spacial score (nSPS) is 9.17. The van der Waals surface area contributed by atoms with Crippen molar-refractivity contribution in [1.29, 1.82) is 0 Å². The molecule has 5 heteroatoms. The van der Waals surface area contributed by atoms with Crippen LogP contribution in [-0.2, 0) is 14.3 Å². The van der Waals surface area contributed by atoms with Gasteiger partial charge in [-0.25, -0.2) is 10.2 Å². The average Bonchev–Trinajstić information content (AvgIpc) is 2.10. The van der Waals surface area contributed by atoms with E-state index in [1.54, 1.807) is 0 Å². The van der Waals surface area contributed by atoms with E-state index in [2.05, 4.69) is 15.6 Å². The van der Waals surface area contributed by atoms with Gasteiger partial charge in [0.05, 0.1) is 7.11 Å². The fraction of sp³-hybridized carbons (Fsp3) is 0.714. The van der Waals surface area contributed by atoms with Crippen molar-refractivity contribution in [3.8, 4) is 0 Å². The Hall–Kier alpha value is -1.10. The summed E-state index contributed by atoms with van der Waals surface area (Å²) in [5.41, 5.74) is 4.81. The molecule has 0 spiro atoms. The summed E-state index contributed by atoms with van der Waals surface area (Å²) in [5.74, 6) is -1.66. The standard InChI is InChI=1S/C7H14N2O3/c1-3-4-5-8-9-6(10)7(11)12-2/h8H,3-5H2,1-2H3,(H,9,10). The number of ether oxygens (including phenoxy) is 1. The van der Waals surface area contributed by atoms with Crippen LogP contribution in [0, 0.1) is 0 Å². The van der Waals surface area contributed by atoms with Crippen LogP contribution in [0.5, 0.6) is 0 Å². The number of hydrogen-bond donors (Lipinski definition) is 2. The highest BCUT2D eigenvalue weighted by molar-refractivity contribution is 6.32.